The Morgan fingerprint density at radius 1 is 1.44 bits per heavy atom. The number of amides is 1. The lowest BCUT2D eigenvalue weighted by molar-refractivity contribution is -0.120. The van der Waals surface area contributed by atoms with Crippen molar-refractivity contribution in [2.75, 3.05) is 24.5 Å². The SMILES string of the molecule is CC(N)c1ccccc1N1CCNC(=O)C1. The summed E-state index contributed by atoms with van der Waals surface area (Å²) in [6.07, 6.45) is 0. The molecule has 1 aliphatic rings. The van der Waals surface area contributed by atoms with E-state index in [0.29, 0.717) is 13.1 Å². The maximum atomic E-state index is 11.3. The Bertz CT molecular complexity index is 390. The molecule has 1 saturated heterocycles. The van der Waals surface area contributed by atoms with Gasteiger partial charge in [0.25, 0.3) is 0 Å². The lowest BCUT2D eigenvalue weighted by Gasteiger charge is -2.31. The van der Waals surface area contributed by atoms with Crippen molar-refractivity contribution >= 4 is 11.6 Å². The van der Waals surface area contributed by atoms with Crippen LogP contribution in [0.2, 0.25) is 0 Å². The smallest absolute Gasteiger partial charge is 0.239 e. The Kier molecular flexibility index (Phi) is 3.10. The van der Waals surface area contributed by atoms with Gasteiger partial charge in [-0.2, -0.15) is 0 Å². The van der Waals surface area contributed by atoms with Crippen LogP contribution in [0.5, 0.6) is 0 Å². The first-order valence-corrected chi connectivity index (χ1v) is 5.54. The van der Waals surface area contributed by atoms with Crippen molar-refractivity contribution < 1.29 is 4.79 Å². The van der Waals surface area contributed by atoms with E-state index in [0.717, 1.165) is 17.8 Å². The second-order valence-electron chi connectivity index (χ2n) is 4.12. The third-order valence-corrected chi connectivity index (χ3v) is 2.81. The molecule has 0 saturated carbocycles. The number of para-hydroxylation sites is 1. The molecule has 86 valence electrons. The molecule has 1 aromatic rings. The van der Waals surface area contributed by atoms with E-state index in [-0.39, 0.29) is 11.9 Å². The Labute approximate surface area is 95.4 Å². The molecule has 16 heavy (non-hydrogen) atoms. The van der Waals surface area contributed by atoms with E-state index in [1.807, 2.05) is 31.2 Å². The summed E-state index contributed by atoms with van der Waals surface area (Å²) in [6.45, 7) is 3.92. The minimum Gasteiger partial charge on any atom is -0.360 e. The fraction of sp³-hybridized carbons (Fsp3) is 0.417. The summed E-state index contributed by atoms with van der Waals surface area (Å²) in [5.74, 6) is 0.0747. The van der Waals surface area contributed by atoms with Gasteiger partial charge in [0.15, 0.2) is 0 Å². The average molecular weight is 219 g/mol. The molecule has 3 N–H and O–H groups in total. The molecule has 1 amide bonds. The van der Waals surface area contributed by atoms with E-state index in [2.05, 4.69) is 10.2 Å². The van der Waals surface area contributed by atoms with Crippen LogP contribution in [0, 0.1) is 0 Å². The molecule has 0 bridgehead atoms. The van der Waals surface area contributed by atoms with Crippen molar-refractivity contribution in [2.45, 2.75) is 13.0 Å². The van der Waals surface area contributed by atoms with Gasteiger partial charge in [0, 0.05) is 24.8 Å². The van der Waals surface area contributed by atoms with Crippen molar-refractivity contribution in [1.82, 2.24) is 5.32 Å². The molecule has 1 aliphatic heterocycles. The number of anilines is 1. The van der Waals surface area contributed by atoms with E-state index < -0.39 is 0 Å². The van der Waals surface area contributed by atoms with Crippen LogP contribution in [-0.4, -0.2) is 25.5 Å². The normalized spacial score (nSPS) is 18.1. The number of carbonyl (C=O) groups is 1. The fourth-order valence-electron chi connectivity index (χ4n) is 2.00. The molecule has 1 heterocycles. The highest BCUT2D eigenvalue weighted by atomic mass is 16.2. The van der Waals surface area contributed by atoms with Gasteiger partial charge in [0.2, 0.25) is 5.91 Å². The predicted molar refractivity (Wildman–Crippen MR) is 64.3 cm³/mol. The van der Waals surface area contributed by atoms with Crippen LogP contribution in [0.25, 0.3) is 0 Å². The first-order chi connectivity index (χ1) is 7.68. The van der Waals surface area contributed by atoms with E-state index in [4.69, 9.17) is 5.73 Å². The Morgan fingerprint density at radius 3 is 2.88 bits per heavy atom. The summed E-state index contributed by atoms with van der Waals surface area (Å²) in [4.78, 5) is 13.4. The number of hydrogen-bond donors (Lipinski definition) is 2. The third kappa shape index (κ3) is 2.17. The summed E-state index contributed by atoms with van der Waals surface area (Å²) in [5.41, 5.74) is 8.10. The Morgan fingerprint density at radius 2 is 2.19 bits per heavy atom. The highest BCUT2D eigenvalue weighted by molar-refractivity contribution is 5.83. The third-order valence-electron chi connectivity index (χ3n) is 2.81. The van der Waals surface area contributed by atoms with Crippen molar-refractivity contribution in [3.05, 3.63) is 29.8 Å². The van der Waals surface area contributed by atoms with Crippen LogP contribution in [-0.2, 0) is 4.79 Å². The molecule has 0 aliphatic carbocycles. The topological polar surface area (TPSA) is 58.4 Å². The highest BCUT2D eigenvalue weighted by Crippen LogP contribution is 2.25. The number of carbonyl (C=O) groups excluding carboxylic acids is 1. The molecule has 0 spiro atoms. The molecule has 1 unspecified atom stereocenters. The molecule has 4 heteroatoms. The van der Waals surface area contributed by atoms with E-state index in [9.17, 15) is 4.79 Å². The van der Waals surface area contributed by atoms with Crippen LogP contribution in [0.15, 0.2) is 24.3 Å². The van der Waals surface area contributed by atoms with E-state index in [1.54, 1.807) is 0 Å². The molecule has 4 nitrogen and oxygen atoms in total. The minimum atomic E-state index is -0.0128. The number of nitrogens with one attached hydrogen (secondary N) is 1. The lowest BCUT2D eigenvalue weighted by Crippen LogP contribution is -2.48. The Hall–Kier alpha value is -1.55. The number of nitrogens with two attached hydrogens (primary N) is 1. The van der Waals surface area contributed by atoms with Gasteiger partial charge in [-0.1, -0.05) is 18.2 Å². The van der Waals surface area contributed by atoms with Crippen LogP contribution >= 0.6 is 0 Å². The summed E-state index contributed by atoms with van der Waals surface area (Å²) in [6, 6.07) is 7.99. The van der Waals surface area contributed by atoms with Crippen molar-refractivity contribution in [3.8, 4) is 0 Å². The molecule has 1 aromatic carbocycles. The van der Waals surface area contributed by atoms with Gasteiger partial charge in [0.1, 0.15) is 0 Å². The zero-order valence-corrected chi connectivity index (χ0v) is 9.44. The largest absolute Gasteiger partial charge is 0.360 e. The second kappa shape index (κ2) is 4.53. The minimum absolute atomic E-state index is 0.0128. The molecule has 2 rings (SSSR count). The van der Waals surface area contributed by atoms with Crippen LogP contribution < -0.4 is 16.0 Å². The van der Waals surface area contributed by atoms with Gasteiger partial charge in [-0.15, -0.1) is 0 Å². The van der Waals surface area contributed by atoms with Gasteiger partial charge in [-0.05, 0) is 18.6 Å². The molecule has 0 radical (unpaired) electrons. The van der Waals surface area contributed by atoms with Crippen LogP contribution in [0.3, 0.4) is 0 Å². The quantitative estimate of drug-likeness (QED) is 0.767. The van der Waals surface area contributed by atoms with Gasteiger partial charge in [-0.3, -0.25) is 4.79 Å². The zero-order chi connectivity index (χ0) is 11.5. The van der Waals surface area contributed by atoms with Crippen LogP contribution in [0.4, 0.5) is 5.69 Å². The number of benzene rings is 1. The fourth-order valence-corrected chi connectivity index (χ4v) is 2.00. The van der Waals surface area contributed by atoms with Gasteiger partial charge >= 0.3 is 0 Å². The molecule has 1 atom stereocenters. The zero-order valence-electron chi connectivity index (χ0n) is 9.44. The lowest BCUT2D eigenvalue weighted by atomic mass is 10.1. The van der Waals surface area contributed by atoms with Crippen molar-refractivity contribution in [2.24, 2.45) is 5.73 Å². The van der Waals surface area contributed by atoms with E-state index >= 15 is 0 Å². The first kappa shape index (κ1) is 11.0. The Balaban J connectivity index is 2.28. The van der Waals surface area contributed by atoms with Gasteiger partial charge in [0.05, 0.1) is 6.54 Å². The van der Waals surface area contributed by atoms with Gasteiger partial charge < -0.3 is 16.0 Å². The average Bonchev–Trinajstić information content (AvgIpc) is 2.29. The first-order valence-electron chi connectivity index (χ1n) is 5.54. The van der Waals surface area contributed by atoms with Crippen molar-refractivity contribution in [1.29, 1.82) is 0 Å². The molecular weight excluding hydrogens is 202 g/mol. The summed E-state index contributed by atoms with van der Waals surface area (Å²) in [7, 11) is 0. The number of hydrogen-bond acceptors (Lipinski definition) is 3. The number of piperazine rings is 1. The molecule has 1 fully saturated rings. The summed E-state index contributed by atoms with van der Waals surface area (Å²) in [5, 5.41) is 2.82. The molecular formula is C12H17N3O. The summed E-state index contributed by atoms with van der Waals surface area (Å²) < 4.78 is 0. The standard InChI is InChI=1S/C12H17N3O/c1-9(13)10-4-2-3-5-11(10)15-7-6-14-12(16)8-15/h2-5,9H,6-8,13H2,1H3,(H,14,16). The second-order valence-corrected chi connectivity index (χ2v) is 4.12. The number of rotatable bonds is 2. The maximum Gasteiger partial charge on any atom is 0.239 e. The predicted octanol–water partition coefficient (Wildman–Crippen LogP) is 0.642. The molecule has 0 aromatic heterocycles. The van der Waals surface area contributed by atoms with E-state index in [1.165, 1.54) is 0 Å². The highest BCUT2D eigenvalue weighted by Gasteiger charge is 2.19. The maximum absolute atomic E-state index is 11.3. The monoisotopic (exact) mass is 219 g/mol. The van der Waals surface area contributed by atoms with Crippen LogP contribution in [0.1, 0.15) is 18.5 Å². The van der Waals surface area contributed by atoms with Gasteiger partial charge in [-0.25, -0.2) is 0 Å². The van der Waals surface area contributed by atoms with Crippen molar-refractivity contribution in [3.63, 3.8) is 0 Å². The summed E-state index contributed by atoms with van der Waals surface area (Å²) >= 11 is 0. The number of nitrogens with zero attached hydrogens (tertiary/aromatic N) is 1.